The molecule has 1 aliphatic rings. The van der Waals surface area contributed by atoms with E-state index in [0.717, 1.165) is 25.1 Å². The van der Waals surface area contributed by atoms with Gasteiger partial charge in [-0.1, -0.05) is 0 Å². The number of carbonyl (C=O) groups is 1. The number of oxazole rings is 1. The molecule has 0 atom stereocenters. The number of rotatable bonds is 7. The normalized spacial score (nSPS) is 14.3. The molecule has 0 aliphatic heterocycles. The number of aryl methyl sites for hydroxylation is 1. The molecule has 2 aromatic rings. The van der Waals surface area contributed by atoms with Crippen LogP contribution in [0.2, 0.25) is 0 Å². The van der Waals surface area contributed by atoms with Gasteiger partial charge in [-0.05, 0) is 25.8 Å². The van der Waals surface area contributed by atoms with Crippen molar-refractivity contribution in [3.63, 3.8) is 0 Å². The molecule has 2 aromatic heterocycles. The minimum atomic E-state index is -0.200. The number of nitrogens with zero attached hydrogens (tertiary/aromatic N) is 4. The van der Waals surface area contributed by atoms with Crippen LogP contribution in [0.1, 0.15) is 47.6 Å². The second kappa shape index (κ2) is 6.31. The van der Waals surface area contributed by atoms with Gasteiger partial charge in [-0.15, -0.1) is 0 Å². The van der Waals surface area contributed by atoms with Crippen LogP contribution in [0.25, 0.3) is 0 Å². The fourth-order valence-electron chi connectivity index (χ4n) is 2.55. The topological polar surface area (TPSA) is 84.4 Å². The van der Waals surface area contributed by atoms with Crippen molar-refractivity contribution in [1.29, 1.82) is 0 Å². The molecular weight excluding hydrogens is 284 g/mol. The molecule has 1 amide bonds. The van der Waals surface area contributed by atoms with Crippen LogP contribution in [-0.4, -0.2) is 43.8 Å². The van der Waals surface area contributed by atoms with Crippen molar-refractivity contribution in [2.24, 2.45) is 0 Å². The highest BCUT2D eigenvalue weighted by molar-refractivity contribution is 5.93. The summed E-state index contributed by atoms with van der Waals surface area (Å²) in [4.78, 5) is 18.4. The molecule has 1 fully saturated rings. The average molecular weight is 304 g/mol. The minimum absolute atomic E-state index is 0.0946. The van der Waals surface area contributed by atoms with E-state index in [1.165, 1.54) is 6.39 Å². The zero-order chi connectivity index (χ0) is 15.5. The maximum Gasteiger partial charge on any atom is 0.276 e. The fraction of sp³-hybridized carbons (Fsp3) is 0.533. The van der Waals surface area contributed by atoms with Gasteiger partial charge < -0.3 is 14.4 Å². The number of aromatic nitrogens is 3. The quantitative estimate of drug-likeness (QED) is 0.836. The highest BCUT2D eigenvalue weighted by Crippen LogP contribution is 2.41. The second-order valence-corrected chi connectivity index (χ2v) is 5.43. The fourth-order valence-corrected chi connectivity index (χ4v) is 2.55. The zero-order valence-electron chi connectivity index (χ0n) is 12.6. The van der Waals surface area contributed by atoms with Gasteiger partial charge in [0, 0.05) is 25.2 Å². The van der Waals surface area contributed by atoms with Gasteiger partial charge in [0.15, 0.2) is 12.1 Å². The van der Waals surface area contributed by atoms with Crippen molar-refractivity contribution in [3.05, 3.63) is 35.8 Å². The third-order valence-electron chi connectivity index (χ3n) is 3.86. The van der Waals surface area contributed by atoms with E-state index in [1.54, 1.807) is 11.1 Å². The number of aliphatic hydroxyl groups is 1. The summed E-state index contributed by atoms with van der Waals surface area (Å²) in [6.45, 7) is 3.29. The summed E-state index contributed by atoms with van der Waals surface area (Å²) < 4.78 is 7.22. The lowest BCUT2D eigenvalue weighted by Gasteiger charge is -2.21. The summed E-state index contributed by atoms with van der Waals surface area (Å²) in [6.07, 6.45) is 5.12. The number of aliphatic hydroxyl groups excluding tert-OH is 1. The van der Waals surface area contributed by atoms with Gasteiger partial charge in [0.25, 0.3) is 5.91 Å². The maximum absolute atomic E-state index is 12.7. The molecule has 118 valence electrons. The molecule has 22 heavy (non-hydrogen) atoms. The number of hydrogen-bond acceptors (Lipinski definition) is 5. The molecule has 0 bridgehead atoms. The monoisotopic (exact) mass is 304 g/mol. The lowest BCUT2D eigenvalue weighted by atomic mass is 10.2. The largest absolute Gasteiger partial charge is 0.447 e. The summed E-state index contributed by atoms with van der Waals surface area (Å²) in [5, 5.41) is 13.5. The van der Waals surface area contributed by atoms with E-state index >= 15 is 0 Å². The number of amides is 1. The number of carbonyl (C=O) groups excluding carboxylic acids is 1. The molecule has 1 aliphatic carbocycles. The van der Waals surface area contributed by atoms with Crippen LogP contribution in [-0.2, 0) is 13.1 Å². The maximum atomic E-state index is 12.7. The minimum Gasteiger partial charge on any atom is -0.447 e. The second-order valence-electron chi connectivity index (χ2n) is 5.43. The first-order valence-electron chi connectivity index (χ1n) is 7.58. The Bertz CT molecular complexity index is 645. The summed E-state index contributed by atoms with van der Waals surface area (Å²) >= 11 is 0. The van der Waals surface area contributed by atoms with Crippen LogP contribution < -0.4 is 0 Å². The van der Waals surface area contributed by atoms with Gasteiger partial charge in [-0.2, -0.15) is 5.10 Å². The summed E-state index contributed by atoms with van der Waals surface area (Å²) in [7, 11) is 0. The standard InChI is InChI=1S/C15H20N4O3/c1-2-19-12(5-6-17-19)9-18(7-8-20)15(21)13-14(11-3-4-11)22-10-16-13/h5-6,10-11,20H,2-4,7-9H2,1H3. The van der Waals surface area contributed by atoms with E-state index in [-0.39, 0.29) is 19.1 Å². The highest BCUT2D eigenvalue weighted by Gasteiger charge is 2.34. The van der Waals surface area contributed by atoms with Gasteiger partial charge in [-0.3, -0.25) is 9.48 Å². The molecule has 1 saturated carbocycles. The summed E-state index contributed by atoms with van der Waals surface area (Å²) in [6, 6.07) is 1.88. The molecule has 0 spiro atoms. The Hall–Kier alpha value is -2.15. The molecule has 3 rings (SSSR count). The van der Waals surface area contributed by atoms with Crippen LogP contribution in [0, 0.1) is 0 Å². The van der Waals surface area contributed by atoms with Crippen LogP contribution >= 0.6 is 0 Å². The van der Waals surface area contributed by atoms with E-state index in [1.807, 2.05) is 17.7 Å². The molecule has 0 aromatic carbocycles. The van der Waals surface area contributed by atoms with Crippen molar-refractivity contribution in [3.8, 4) is 0 Å². The molecular formula is C15H20N4O3. The Kier molecular flexibility index (Phi) is 4.24. The third-order valence-corrected chi connectivity index (χ3v) is 3.86. The Morgan fingerprint density at radius 3 is 3.05 bits per heavy atom. The SMILES string of the molecule is CCn1nccc1CN(CCO)C(=O)c1ncoc1C1CC1. The van der Waals surface area contributed by atoms with Crippen molar-refractivity contribution >= 4 is 5.91 Å². The van der Waals surface area contributed by atoms with Crippen molar-refractivity contribution in [1.82, 2.24) is 19.7 Å². The molecule has 0 saturated heterocycles. The Labute approximate surface area is 128 Å². The summed E-state index contributed by atoms with van der Waals surface area (Å²) in [5.74, 6) is 0.795. The molecule has 2 heterocycles. The Morgan fingerprint density at radius 2 is 2.36 bits per heavy atom. The molecule has 1 N–H and O–H groups in total. The van der Waals surface area contributed by atoms with Gasteiger partial charge in [0.1, 0.15) is 5.76 Å². The smallest absolute Gasteiger partial charge is 0.276 e. The van der Waals surface area contributed by atoms with E-state index in [0.29, 0.717) is 23.9 Å². The molecule has 7 nitrogen and oxygen atoms in total. The molecule has 0 unspecified atom stereocenters. The average Bonchev–Trinajstić information content (AvgIpc) is 3.09. The van der Waals surface area contributed by atoms with Crippen LogP contribution in [0.15, 0.2) is 23.1 Å². The Morgan fingerprint density at radius 1 is 1.55 bits per heavy atom. The predicted molar refractivity (Wildman–Crippen MR) is 78.2 cm³/mol. The van der Waals surface area contributed by atoms with Crippen molar-refractivity contribution < 1.29 is 14.3 Å². The van der Waals surface area contributed by atoms with Gasteiger partial charge in [0.05, 0.1) is 18.8 Å². The first-order valence-corrected chi connectivity index (χ1v) is 7.58. The van der Waals surface area contributed by atoms with Crippen LogP contribution in [0.5, 0.6) is 0 Å². The first-order chi connectivity index (χ1) is 10.7. The zero-order valence-corrected chi connectivity index (χ0v) is 12.6. The molecule has 7 heteroatoms. The lowest BCUT2D eigenvalue weighted by molar-refractivity contribution is 0.0695. The van der Waals surface area contributed by atoms with Crippen molar-refractivity contribution in [2.45, 2.75) is 38.8 Å². The van der Waals surface area contributed by atoms with Crippen LogP contribution in [0.3, 0.4) is 0 Å². The van der Waals surface area contributed by atoms with Gasteiger partial charge in [0.2, 0.25) is 0 Å². The lowest BCUT2D eigenvalue weighted by Crippen LogP contribution is -2.34. The van der Waals surface area contributed by atoms with E-state index in [4.69, 9.17) is 4.42 Å². The van der Waals surface area contributed by atoms with E-state index < -0.39 is 0 Å². The predicted octanol–water partition coefficient (Wildman–Crippen LogP) is 1.40. The Balaban J connectivity index is 1.80. The van der Waals surface area contributed by atoms with E-state index in [2.05, 4.69) is 10.1 Å². The highest BCUT2D eigenvalue weighted by atomic mass is 16.3. The van der Waals surface area contributed by atoms with Crippen molar-refractivity contribution in [2.75, 3.05) is 13.2 Å². The van der Waals surface area contributed by atoms with Gasteiger partial charge in [-0.25, -0.2) is 4.98 Å². The van der Waals surface area contributed by atoms with Crippen LogP contribution in [0.4, 0.5) is 0 Å². The van der Waals surface area contributed by atoms with Gasteiger partial charge >= 0.3 is 0 Å². The number of hydrogen-bond donors (Lipinski definition) is 1. The first kappa shape index (κ1) is 14.8. The molecule has 0 radical (unpaired) electrons. The third kappa shape index (κ3) is 2.89. The van der Waals surface area contributed by atoms with E-state index in [9.17, 15) is 9.90 Å². The summed E-state index contributed by atoms with van der Waals surface area (Å²) in [5.41, 5.74) is 1.30.